The van der Waals surface area contributed by atoms with Gasteiger partial charge < -0.3 is 39.8 Å². The highest BCUT2D eigenvalue weighted by Crippen LogP contribution is 2.44. The van der Waals surface area contributed by atoms with Gasteiger partial charge in [0.25, 0.3) is 0 Å². The van der Waals surface area contributed by atoms with Gasteiger partial charge in [-0.2, -0.15) is 0 Å². The molecule has 0 aliphatic heterocycles. The van der Waals surface area contributed by atoms with E-state index in [9.17, 15) is 19.8 Å². The van der Waals surface area contributed by atoms with Gasteiger partial charge in [0.2, 0.25) is 0 Å². The quantitative estimate of drug-likeness (QED) is 0.0950. The molecule has 0 saturated carbocycles. The van der Waals surface area contributed by atoms with Gasteiger partial charge in [0.15, 0.2) is 0 Å². The maximum Gasteiger partial charge on any atom is 0.407 e. The van der Waals surface area contributed by atoms with Crippen LogP contribution in [-0.4, -0.2) is 47.7 Å². The molecule has 0 aromatic heterocycles. The summed E-state index contributed by atoms with van der Waals surface area (Å²) in [7, 11) is 0. The number of phenols is 2. The normalized spacial score (nSPS) is 13.8. The van der Waals surface area contributed by atoms with Gasteiger partial charge in [-0.05, 0) is 113 Å². The standard InChI is InChI=1S/C66H82N2O8/c1-41(67-61(71)75-39-43-21-17-15-18-22-43)37-73-59-49-25-45-29-53(63(3,4)5)31-47(57(45)69)27-51-35-56(66(12,13)14)36-52(60(51)74-38-42(2)68-62(72)76-40-44-23-19-16-20-24-44)28-48-32-54(64(6,7)8)30-46(58(48)70)26-50(59)34-55(33-49)65(9,10)11/h15-24,29-36,41-42,69-70H,25-28,37-40H2,1-14H3,(H,67,71)(H,68,72)/t41-,42?/m0/s1. The molecule has 0 radical (unpaired) electrons. The molecule has 1 unspecified atom stereocenters. The summed E-state index contributed by atoms with van der Waals surface area (Å²) < 4.78 is 25.1. The SMILES string of the molecule is CC(COc1c2cc(C(C)(C)C)cc1Cc1cc(C(C)(C)C)cc(c1O)Cc1cc(C(C)(C)C)cc(c1OC[C@H](C)NC(=O)OCc1ccccc1)Cc1cc(C(C)(C)C)cc(c1O)C2)NC(=O)OCc1ccccc1. The van der Waals surface area contributed by atoms with Crippen molar-refractivity contribution < 1.29 is 38.7 Å². The summed E-state index contributed by atoms with van der Waals surface area (Å²) in [5, 5.41) is 31.4. The van der Waals surface area contributed by atoms with E-state index in [0.717, 1.165) is 77.9 Å². The number of alkyl carbamates (subject to hydrolysis) is 2. The fourth-order valence-electron chi connectivity index (χ4n) is 9.45. The highest BCUT2D eigenvalue weighted by molar-refractivity contribution is 5.68. The van der Waals surface area contributed by atoms with E-state index in [4.69, 9.17) is 18.9 Å². The van der Waals surface area contributed by atoms with E-state index in [1.807, 2.05) is 74.5 Å². The number of hydrogen-bond acceptors (Lipinski definition) is 8. The second-order valence-corrected chi connectivity index (χ2v) is 25.1. The number of rotatable bonds is 12. The molecule has 0 fully saturated rings. The van der Waals surface area contributed by atoms with E-state index >= 15 is 0 Å². The number of phenolic OH excluding ortho intramolecular Hbond substituents is 2. The van der Waals surface area contributed by atoms with Crippen LogP contribution in [0.3, 0.4) is 0 Å². The number of ether oxygens (including phenoxy) is 4. The first-order valence-corrected chi connectivity index (χ1v) is 26.9. The van der Waals surface area contributed by atoms with Crippen molar-refractivity contribution >= 4 is 12.2 Å². The molecule has 0 saturated heterocycles. The van der Waals surface area contributed by atoms with Gasteiger partial charge in [0.05, 0.1) is 12.1 Å². The van der Waals surface area contributed by atoms with Gasteiger partial charge in [-0.25, -0.2) is 9.59 Å². The minimum Gasteiger partial charge on any atom is -0.507 e. The first kappa shape index (κ1) is 56.8. The average Bonchev–Trinajstić information content (AvgIpc) is 3.33. The molecule has 76 heavy (non-hydrogen) atoms. The fourth-order valence-corrected chi connectivity index (χ4v) is 9.45. The Hall–Kier alpha value is -6.94. The van der Waals surface area contributed by atoms with E-state index in [0.29, 0.717) is 37.2 Å². The van der Waals surface area contributed by atoms with Crippen molar-refractivity contribution in [1.29, 1.82) is 0 Å². The zero-order valence-electron chi connectivity index (χ0n) is 47.5. The Balaban J connectivity index is 1.38. The highest BCUT2D eigenvalue weighted by atomic mass is 16.6. The Morgan fingerprint density at radius 3 is 0.934 bits per heavy atom. The molecule has 8 bridgehead atoms. The van der Waals surface area contributed by atoms with Crippen LogP contribution < -0.4 is 20.1 Å². The average molecular weight is 1030 g/mol. The Kier molecular flexibility index (Phi) is 17.3. The van der Waals surface area contributed by atoms with Gasteiger partial charge in [-0.15, -0.1) is 0 Å². The molecule has 2 atom stereocenters. The van der Waals surface area contributed by atoms with Gasteiger partial charge >= 0.3 is 12.2 Å². The summed E-state index contributed by atoms with van der Waals surface area (Å²) in [5.74, 6) is 1.65. The maximum atomic E-state index is 13.1. The molecule has 4 N–H and O–H groups in total. The lowest BCUT2D eigenvalue weighted by atomic mass is 9.79. The predicted octanol–water partition coefficient (Wildman–Crippen LogP) is 14.4. The van der Waals surface area contributed by atoms with E-state index in [-0.39, 0.29) is 59.6 Å². The lowest BCUT2D eigenvalue weighted by molar-refractivity contribution is 0.131. The molecular weight excluding hydrogens is 949 g/mol. The third-order valence-electron chi connectivity index (χ3n) is 14.1. The van der Waals surface area contributed by atoms with Crippen molar-refractivity contribution in [3.05, 3.63) is 187 Å². The summed E-state index contributed by atoms with van der Waals surface area (Å²) in [4.78, 5) is 26.2. The van der Waals surface area contributed by atoms with E-state index in [2.05, 4.69) is 142 Å². The monoisotopic (exact) mass is 1030 g/mol. The Morgan fingerprint density at radius 1 is 0.434 bits per heavy atom. The molecule has 7 rings (SSSR count). The van der Waals surface area contributed by atoms with Gasteiger partial charge in [-0.3, -0.25) is 0 Å². The van der Waals surface area contributed by atoms with Gasteiger partial charge in [0, 0.05) is 25.7 Å². The first-order chi connectivity index (χ1) is 35.6. The van der Waals surface area contributed by atoms with Crippen molar-refractivity contribution in [2.45, 2.75) is 170 Å². The van der Waals surface area contributed by atoms with Crippen LogP contribution in [0.2, 0.25) is 0 Å². The van der Waals surface area contributed by atoms with Crippen LogP contribution in [0.5, 0.6) is 23.0 Å². The van der Waals surface area contributed by atoms with Crippen molar-refractivity contribution in [2.24, 2.45) is 0 Å². The molecule has 10 heteroatoms. The van der Waals surface area contributed by atoms with E-state index in [1.165, 1.54) is 0 Å². The maximum absolute atomic E-state index is 13.1. The summed E-state index contributed by atoms with van der Waals surface area (Å²) in [6, 6.07) is 35.5. The minimum absolute atomic E-state index is 0.129. The summed E-state index contributed by atoms with van der Waals surface area (Å²) in [6.45, 7) is 30.6. The van der Waals surface area contributed by atoms with Crippen LogP contribution in [0.15, 0.2) is 109 Å². The van der Waals surface area contributed by atoms with Crippen molar-refractivity contribution in [2.75, 3.05) is 13.2 Å². The molecule has 404 valence electrons. The molecule has 2 amide bonds. The van der Waals surface area contributed by atoms with Crippen LogP contribution in [0, 0.1) is 0 Å². The fraction of sp³-hybridized carbons (Fsp3) is 0.424. The third-order valence-corrected chi connectivity index (χ3v) is 14.1. The zero-order chi connectivity index (χ0) is 55.3. The molecule has 6 aromatic carbocycles. The van der Waals surface area contributed by atoms with Crippen molar-refractivity contribution in [3.8, 4) is 23.0 Å². The van der Waals surface area contributed by atoms with Gasteiger partial charge in [0.1, 0.15) is 49.4 Å². The highest BCUT2D eigenvalue weighted by Gasteiger charge is 2.29. The number of nitrogens with one attached hydrogen (secondary N) is 2. The second-order valence-electron chi connectivity index (χ2n) is 25.1. The summed E-state index contributed by atoms with van der Waals surface area (Å²) in [6.07, 6.45) is 0.225. The topological polar surface area (TPSA) is 136 Å². The number of amides is 2. The smallest absolute Gasteiger partial charge is 0.407 e. The largest absolute Gasteiger partial charge is 0.507 e. The van der Waals surface area contributed by atoms with Gasteiger partial charge in [-0.1, -0.05) is 192 Å². The van der Waals surface area contributed by atoms with Crippen LogP contribution >= 0.6 is 0 Å². The first-order valence-electron chi connectivity index (χ1n) is 26.9. The molecule has 0 heterocycles. The number of benzene rings is 6. The molecule has 10 nitrogen and oxygen atoms in total. The van der Waals surface area contributed by atoms with Crippen molar-refractivity contribution in [3.63, 3.8) is 0 Å². The molecule has 1 aliphatic rings. The summed E-state index contributed by atoms with van der Waals surface area (Å²) in [5.41, 5.74) is 11.4. The lowest BCUT2D eigenvalue weighted by Gasteiger charge is -2.28. The Labute approximate surface area is 452 Å². The third kappa shape index (κ3) is 14.7. The van der Waals surface area contributed by atoms with E-state index < -0.39 is 24.3 Å². The number of carbonyl (C=O) groups excluding carboxylic acids is 2. The second kappa shape index (κ2) is 23.1. The zero-order valence-corrected chi connectivity index (χ0v) is 47.5. The number of hydrogen-bond donors (Lipinski definition) is 4. The number of carbonyl (C=O) groups is 2. The van der Waals surface area contributed by atoms with Crippen LogP contribution in [0.1, 0.15) is 175 Å². The minimum atomic E-state index is -0.545. The van der Waals surface area contributed by atoms with E-state index in [1.54, 1.807) is 0 Å². The van der Waals surface area contributed by atoms with Crippen LogP contribution in [0.25, 0.3) is 0 Å². The number of fused-ring (bicyclic) bond motifs is 8. The van der Waals surface area contributed by atoms with Crippen LogP contribution in [0.4, 0.5) is 9.59 Å². The number of aromatic hydroxyl groups is 2. The predicted molar refractivity (Wildman–Crippen MR) is 305 cm³/mol. The molecule has 6 aromatic rings. The molecule has 0 spiro atoms. The molecular formula is C66H82N2O8. The molecule has 1 aliphatic carbocycles. The van der Waals surface area contributed by atoms with Crippen LogP contribution in [-0.2, 0) is 70.0 Å². The summed E-state index contributed by atoms with van der Waals surface area (Å²) >= 11 is 0. The van der Waals surface area contributed by atoms with Crippen molar-refractivity contribution in [1.82, 2.24) is 10.6 Å². The Morgan fingerprint density at radius 2 is 0.684 bits per heavy atom. The lowest BCUT2D eigenvalue weighted by Crippen LogP contribution is -2.37. The Bertz CT molecular complexity index is 2710.